The van der Waals surface area contributed by atoms with Gasteiger partial charge < -0.3 is 4.74 Å². The molecular weight excluding hydrogens is 212 g/mol. The van der Waals surface area contributed by atoms with Crippen LogP contribution in [0.4, 0.5) is 0 Å². The molecule has 1 rings (SSSR count). The molecule has 1 aromatic carbocycles. The Kier molecular flexibility index (Phi) is 4.95. The molecule has 17 heavy (non-hydrogen) atoms. The minimum atomic E-state index is -0.431. The Bertz CT molecular complexity index is 429. The quantitative estimate of drug-likeness (QED) is 0.439. The van der Waals surface area contributed by atoms with Crippen LogP contribution in [-0.2, 0) is 9.53 Å². The molecule has 0 aromatic heterocycles. The average Bonchev–Trinajstić information content (AvgIpc) is 2.35. The Morgan fingerprint density at radius 2 is 2.00 bits per heavy atom. The topological polar surface area (TPSA) is 26.3 Å². The molecule has 0 spiro atoms. The summed E-state index contributed by atoms with van der Waals surface area (Å²) in [4.78, 5) is 11.3. The maximum Gasteiger partial charge on any atom is 0.334 e. The summed E-state index contributed by atoms with van der Waals surface area (Å²) in [5.74, 6) is -0.410. The largest absolute Gasteiger partial charge is 0.451 e. The minimum Gasteiger partial charge on any atom is -0.451 e. The monoisotopic (exact) mass is 228 g/mol. The third-order valence-electron chi connectivity index (χ3n) is 2.10. The van der Waals surface area contributed by atoms with E-state index in [2.05, 4.69) is 13.2 Å². The van der Waals surface area contributed by atoms with Gasteiger partial charge in [0.05, 0.1) is 0 Å². The van der Waals surface area contributed by atoms with Crippen molar-refractivity contribution in [2.24, 2.45) is 0 Å². The van der Waals surface area contributed by atoms with E-state index >= 15 is 0 Å². The molecule has 88 valence electrons. The highest BCUT2D eigenvalue weighted by molar-refractivity contribution is 5.87. The van der Waals surface area contributed by atoms with Crippen LogP contribution in [0.25, 0.3) is 6.08 Å². The molecule has 2 heteroatoms. The summed E-state index contributed by atoms with van der Waals surface area (Å²) in [7, 11) is 0. The standard InChI is InChI=1S/C15H16O2/c1-4-14(17-15(16)12(2)3)11-10-13-8-6-5-7-9-13/h4-11,14H,1-2H2,3H3/b11-10+. The highest BCUT2D eigenvalue weighted by Crippen LogP contribution is 2.06. The number of esters is 1. The summed E-state index contributed by atoms with van der Waals surface area (Å²) in [6.07, 6.45) is 4.81. The molecular formula is C15H16O2. The van der Waals surface area contributed by atoms with E-state index in [-0.39, 0.29) is 0 Å². The summed E-state index contributed by atoms with van der Waals surface area (Å²) in [6.45, 7) is 8.77. The predicted octanol–water partition coefficient (Wildman–Crippen LogP) is 3.37. The van der Waals surface area contributed by atoms with Gasteiger partial charge in [0.15, 0.2) is 0 Å². The number of rotatable bonds is 5. The van der Waals surface area contributed by atoms with Gasteiger partial charge in [-0.2, -0.15) is 0 Å². The van der Waals surface area contributed by atoms with Crippen LogP contribution in [0.1, 0.15) is 12.5 Å². The lowest BCUT2D eigenvalue weighted by molar-refractivity contribution is -0.140. The van der Waals surface area contributed by atoms with Gasteiger partial charge in [0.25, 0.3) is 0 Å². The van der Waals surface area contributed by atoms with Crippen molar-refractivity contribution in [1.82, 2.24) is 0 Å². The normalized spacial score (nSPS) is 12.1. The van der Waals surface area contributed by atoms with E-state index < -0.39 is 12.1 Å². The van der Waals surface area contributed by atoms with Gasteiger partial charge in [-0.15, -0.1) is 0 Å². The van der Waals surface area contributed by atoms with E-state index in [4.69, 9.17) is 4.74 Å². The first-order chi connectivity index (χ1) is 8.13. The Hall–Kier alpha value is -2.09. The third kappa shape index (κ3) is 4.51. The molecule has 0 bridgehead atoms. The fraction of sp³-hybridized carbons (Fsp3) is 0.133. The van der Waals surface area contributed by atoms with Crippen molar-refractivity contribution in [2.45, 2.75) is 13.0 Å². The zero-order chi connectivity index (χ0) is 12.7. The minimum absolute atomic E-state index is 0.380. The summed E-state index contributed by atoms with van der Waals surface area (Å²) in [5, 5.41) is 0. The lowest BCUT2D eigenvalue weighted by Crippen LogP contribution is -2.13. The Balaban J connectivity index is 2.64. The summed E-state index contributed by atoms with van der Waals surface area (Å²) in [6, 6.07) is 9.78. The van der Waals surface area contributed by atoms with E-state index in [0.29, 0.717) is 5.57 Å². The van der Waals surface area contributed by atoms with Crippen LogP contribution in [0.5, 0.6) is 0 Å². The van der Waals surface area contributed by atoms with Gasteiger partial charge in [0.1, 0.15) is 6.10 Å². The molecule has 0 saturated carbocycles. The van der Waals surface area contributed by atoms with E-state index in [1.165, 1.54) is 0 Å². The van der Waals surface area contributed by atoms with Gasteiger partial charge in [0, 0.05) is 5.57 Å². The Labute approximate surface area is 102 Å². The van der Waals surface area contributed by atoms with E-state index in [1.54, 1.807) is 19.1 Å². The van der Waals surface area contributed by atoms with Gasteiger partial charge in [-0.25, -0.2) is 4.79 Å². The van der Waals surface area contributed by atoms with Crippen molar-refractivity contribution in [1.29, 1.82) is 0 Å². The van der Waals surface area contributed by atoms with Crippen LogP contribution < -0.4 is 0 Å². The molecule has 1 unspecified atom stereocenters. The second-order valence-electron chi connectivity index (χ2n) is 3.66. The first kappa shape index (κ1) is 13.0. The summed E-state index contributed by atoms with van der Waals surface area (Å²) in [5.41, 5.74) is 1.43. The van der Waals surface area contributed by atoms with Gasteiger partial charge in [-0.1, -0.05) is 49.6 Å². The molecule has 0 aliphatic carbocycles. The average molecular weight is 228 g/mol. The smallest absolute Gasteiger partial charge is 0.334 e. The molecule has 0 heterocycles. The molecule has 0 aliphatic rings. The van der Waals surface area contributed by atoms with Crippen LogP contribution >= 0.6 is 0 Å². The zero-order valence-corrected chi connectivity index (χ0v) is 9.93. The third-order valence-corrected chi connectivity index (χ3v) is 2.10. The molecule has 0 saturated heterocycles. The van der Waals surface area contributed by atoms with Crippen LogP contribution in [0.15, 0.2) is 61.2 Å². The van der Waals surface area contributed by atoms with E-state index in [1.807, 2.05) is 36.4 Å². The van der Waals surface area contributed by atoms with E-state index in [9.17, 15) is 4.79 Å². The molecule has 0 fully saturated rings. The van der Waals surface area contributed by atoms with Crippen molar-refractivity contribution in [3.05, 3.63) is 66.8 Å². The van der Waals surface area contributed by atoms with E-state index in [0.717, 1.165) is 5.56 Å². The maximum absolute atomic E-state index is 11.3. The molecule has 1 atom stereocenters. The van der Waals surface area contributed by atoms with Crippen LogP contribution in [0, 0.1) is 0 Å². The molecule has 0 amide bonds. The van der Waals surface area contributed by atoms with Gasteiger partial charge in [-0.3, -0.25) is 0 Å². The molecule has 1 aromatic rings. The molecule has 0 N–H and O–H groups in total. The fourth-order valence-corrected chi connectivity index (χ4v) is 1.16. The first-order valence-electron chi connectivity index (χ1n) is 5.36. The second kappa shape index (κ2) is 6.48. The summed E-state index contributed by atoms with van der Waals surface area (Å²) < 4.78 is 5.14. The number of benzene rings is 1. The van der Waals surface area contributed by atoms with Crippen molar-refractivity contribution in [3.63, 3.8) is 0 Å². The maximum atomic E-state index is 11.3. The Morgan fingerprint density at radius 1 is 1.35 bits per heavy atom. The van der Waals surface area contributed by atoms with Crippen molar-refractivity contribution < 1.29 is 9.53 Å². The number of carbonyl (C=O) groups is 1. The van der Waals surface area contributed by atoms with Gasteiger partial charge in [-0.05, 0) is 24.6 Å². The van der Waals surface area contributed by atoms with Crippen LogP contribution in [0.2, 0.25) is 0 Å². The highest BCUT2D eigenvalue weighted by Gasteiger charge is 2.07. The number of carbonyl (C=O) groups excluding carboxylic acids is 1. The Morgan fingerprint density at radius 3 is 2.53 bits per heavy atom. The molecule has 0 radical (unpaired) electrons. The lowest BCUT2D eigenvalue weighted by atomic mass is 10.2. The predicted molar refractivity (Wildman–Crippen MR) is 70.4 cm³/mol. The van der Waals surface area contributed by atoms with Crippen molar-refractivity contribution in [3.8, 4) is 0 Å². The van der Waals surface area contributed by atoms with Crippen LogP contribution in [0.3, 0.4) is 0 Å². The summed E-state index contributed by atoms with van der Waals surface area (Å²) >= 11 is 0. The van der Waals surface area contributed by atoms with Crippen molar-refractivity contribution in [2.75, 3.05) is 0 Å². The zero-order valence-electron chi connectivity index (χ0n) is 9.93. The lowest BCUT2D eigenvalue weighted by Gasteiger charge is -2.09. The fourth-order valence-electron chi connectivity index (χ4n) is 1.16. The second-order valence-corrected chi connectivity index (χ2v) is 3.66. The number of hydrogen-bond acceptors (Lipinski definition) is 2. The number of ether oxygens (including phenoxy) is 1. The first-order valence-corrected chi connectivity index (χ1v) is 5.36. The van der Waals surface area contributed by atoms with Gasteiger partial charge >= 0.3 is 5.97 Å². The highest BCUT2D eigenvalue weighted by atomic mass is 16.5. The molecule has 2 nitrogen and oxygen atoms in total. The van der Waals surface area contributed by atoms with Crippen molar-refractivity contribution >= 4 is 12.0 Å². The van der Waals surface area contributed by atoms with Gasteiger partial charge in [0.2, 0.25) is 0 Å². The SMILES string of the molecule is C=CC(/C=C/c1ccccc1)OC(=O)C(=C)C. The van der Waals surface area contributed by atoms with Crippen LogP contribution in [-0.4, -0.2) is 12.1 Å². The molecule has 0 aliphatic heterocycles. The number of hydrogen-bond donors (Lipinski definition) is 0.